The molecule has 0 aliphatic rings. The van der Waals surface area contributed by atoms with E-state index < -0.39 is 10.0 Å². The van der Waals surface area contributed by atoms with Gasteiger partial charge in [0.25, 0.3) is 0 Å². The Morgan fingerprint density at radius 1 is 1.50 bits per heavy atom. The maximum Gasteiger partial charge on any atom is 0.242 e. The zero-order chi connectivity index (χ0) is 15.4. The monoisotopic (exact) mass is 385 g/mol. The zero-order valence-electron chi connectivity index (χ0n) is 11.8. The van der Waals surface area contributed by atoms with Gasteiger partial charge in [0, 0.05) is 25.1 Å². The van der Waals surface area contributed by atoms with E-state index in [9.17, 15) is 8.42 Å². The molecule has 1 heterocycles. The van der Waals surface area contributed by atoms with E-state index in [4.69, 9.17) is 9.84 Å². The standard InChI is InChI=1S/C12H20BrNO4S2/c1-12(2,4-5-18-3)8-14-20(16,17)10-6-9(7-15)19-11(10)13/h6,14-15H,4-5,7-8H2,1-3H3. The van der Waals surface area contributed by atoms with Crippen LogP contribution in [0.2, 0.25) is 0 Å². The Labute approximate surface area is 132 Å². The van der Waals surface area contributed by atoms with E-state index in [0.717, 1.165) is 6.42 Å². The lowest BCUT2D eigenvalue weighted by molar-refractivity contribution is 0.153. The maximum absolute atomic E-state index is 12.3. The fraction of sp³-hybridized carbons (Fsp3) is 0.667. The van der Waals surface area contributed by atoms with Gasteiger partial charge >= 0.3 is 0 Å². The van der Waals surface area contributed by atoms with Crippen LogP contribution in [-0.2, 0) is 21.4 Å². The number of hydrogen-bond donors (Lipinski definition) is 2. The molecule has 0 aromatic carbocycles. The van der Waals surface area contributed by atoms with E-state index in [1.54, 1.807) is 7.11 Å². The van der Waals surface area contributed by atoms with Gasteiger partial charge in [0.2, 0.25) is 10.0 Å². The van der Waals surface area contributed by atoms with Gasteiger partial charge in [-0.15, -0.1) is 11.3 Å². The predicted molar refractivity (Wildman–Crippen MR) is 83.4 cm³/mol. The van der Waals surface area contributed by atoms with Crippen LogP contribution in [0.4, 0.5) is 0 Å². The molecule has 8 heteroatoms. The summed E-state index contributed by atoms with van der Waals surface area (Å²) in [6.45, 7) is 4.71. The molecule has 0 bridgehead atoms. The van der Waals surface area contributed by atoms with Crippen molar-refractivity contribution in [3.05, 3.63) is 14.7 Å². The number of methoxy groups -OCH3 is 1. The molecule has 0 aliphatic heterocycles. The van der Waals surface area contributed by atoms with Crippen LogP contribution in [0, 0.1) is 5.41 Å². The van der Waals surface area contributed by atoms with E-state index >= 15 is 0 Å². The van der Waals surface area contributed by atoms with Gasteiger partial charge in [-0.1, -0.05) is 13.8 Å². The number of ether oxygens (including phenoxy) is 1. The lowest BCUT2D eigenvalue weighted by Gasteiger charge is -2.24. The van der Waals surface area contributed by atoms with Crippen LogP contribution < -0.4 is 4.72 Å². The smallest absolute Gasteiger partial charge is 0.242 e. The average Bonchev–Trinajstić information content (AvgIpc) is 2.77. The summed E-state index contributed by atoms with van der Waals surface area (Å²) >= 11 is 4.44. The number of rotatable bonds is 8. The molecule has 5 nitrogen and oxygen atoms in total. The van der Waals surface area contributed by atoms with Crippen molar-refractivity contribution < 1.29 is 18.3 Å². The Balaban J connectivity index is 2.77. The van der Waals surface area contributed by atoms with Crippen molar-refractivity contribution in [1.82, 2.24) is 4.72 Å². The summed E-state index contributed by atoms with van der Waals surface area (Å²) in [5.74, 6) is 0. The molecular formula is C12H20BrNO4S2. The Bertz CT molecular complexity index is 540. The van der Waals surface area contributed by atoms with Crippen LogP contribution in [0.3, 0.4) is 0 Å². The summed E-state index contributed by atoms with van der Waals surface area (Å²) in [5, 5.41) is 9.06. The number of sulfonamides is 1. The molecule has 116 valence electrons. The van der Waals surface area contributed by atoms with Crippen molar-refractivity contribution in [2.24, 2.45) is 5.41 Å². The highest BCUT2D eigenvalue weighted by atomic mass is 79.9. The second-order valence-corrected chi connectivity index (χ2v) is 9.43. The predicted octanol–water partition coefficient (Wildman–Crippen LogP) is 2.34. The lowest BCUT2D eigenvalue weighted by Crippen LogP contribution is -2.34. The second kappa shape index (κ2) is 7.33. The number of hydrogen-bond acceptors (Lipinski definition) is 5. The minimum absolute atomic E-state index is 0.169. The highest BCUT2D eigenvalue weighted by Gasteiger charge is 2.25. The molecule has 0 fully saturated rings. The summed E-state index contributed by atoms with van der Waals surface area (Å²) in [6, 6.07) is 1.49. The van der Waals surface area contributed by atoms with Crippen LogP contribution in [0.15, 0.2) is 14.7 Å². The van der Waals surface area contributed by atoms with E-state index in [0.29, 0.717) is 21.8 Å². The van der Waals surface area contributed by atoms with Crippen molar-refractivity contribution in [1.29, 1.82) is 0 Å². The topological polar surface area (TPSA) is 75.6 Å². The number of nitrogens with one attached hydrogen (secondary N) is 1. The largest absolute Gasteiger partial charge is 0.391 e. The molecule has 0 spiro atoms. The Morgan fingerprint density at radius 3 is 2.65 bits per heavy atom. The average molecular weight is 386 g/mol. The zero-order valence-corrected chi connectivity index (χ0v) is 15.0. The molecule has 0 atom stereocenters. The SMILES string of the molecule is COCCC(C)(C)CNS(=O)(=O)c1cc(CO)sc1Br. The number of halogens is 1. The van der Waals surface area contributed by atoms with Gasteiger partial charge in [-0.25, -0.2) is 13.1 Å². The van der Waals surface area contributed by atoms with Gasteiger partial charge < -0.3 is 9.84 Å². The first kappa shape index (κ1) is 18.1. The lowest BCUT2D eigenvalue weighted by atomic mass is 9.90. The van der Waals surface area contributed by atoms with Gasteiger partial charge in [-0.05, 0) is 33.8 Å². The van der Waals surface area contributed by atoms with Crippen LogP contribution in [0.1, 0.15) is 25.1 Å². The minimum atomic E-state index is -3.58. The van der Waals surface area contributed by atoms with Gasteiger partial charge in [0.15, 0.2) is 0 Å². The van der Waals surface area contributed by atoms with E-state index in [1.165, 1.54) is 17.4 Å². The number of thiophene rings is 1. The molecule has 0 saturated heterocycles. The normalized spacial score (nSPS) is 12.8. The van der Waals surface area contributed by atoms with E-state index in [-0.39, 0.29) is 16.9 Å². The van der Waals surface area contributed by atoms with Crippen molar-refractivity contribution >= 4 is 37.3 Å². The van der Waals surface area contributed by atoms with Gasteiger partial charge in [0.05, 0.1) is 10.4 Å². The summed E-state index contributed by atoms with van der Waals surface area (Å²) in [6.07, 6.45) is 0.763. The highest BCUT2D eigenvalue weighted by Crippen LogP contribution is 2.32. The fourth-order valence-electron chi connectivity index (χ4n) is 1.49. The van der Waals surface area contributed by atoms with Crippen molar-refractivity contribution in [2.45, 2.75) is 31.8 Å². The summed E-state index contributed by atoms with van der Waals surface area (Å²) < 4.78 is 32.6. The molecule has 0 aliphatic carbocycles. The van der Waals surface area contributed by atoms with Crippen molar-refractivity contribution in [3.8, 4) is 0 Å². The maximum atomic E-state index is 12.3. The minimum Gasteiger partial charge on any atom is -0.391 e. The summed E-state index contributed by atoms with van der Waals surface area (Å²) in [4.78, 5) is 0.782. The van der Waals surface area contributed by atoms with Crippen LogP contribution in [0.25, 0.3) is 0 Å². The fourth-order valence-corrected chi connectivity index (χ4v) is 5.28. The molecule has 0 saturated carbocycles. The quantitative estimate of drug-likeness (QED) is 0.719. The molecule has 0 radical (unpaired) electrons. The number of aliphatic hydroxyl groups excluding tert-OH is 1. The van der Waals surface area contributed by atoms with Gasteiger partial charge in [0.1, 0.15) is 4.90 Å². The first-order valence-corrected chi connectivity index (χ1v) is 9.19. The molecule has 1 aromatic rings. The van der Waals surface area contributed by atoms with E-state index in [1.807, 2.05) is 13.8 Å². The van der Waals surface area contributed by atoms with Crippen LogP contribution in [0.5, 0.6) is 0 Å². The Hall–Kier alpha value is 0.01000. The molecule has 2 N–H and O–H groups in total. The summed E-state index contributed by atoms with van der Waals surface area (Å²) in [5.41, 5.74) is -0.189. The van der Waals surface area contributed by atoms with Crippen molar-refractivity contribution in [3.63, 3.8) is 0 Å². The third-order valence-electron chi connectivity index (χ3n) is 2.88. The Morgan fingerprint density at radius 2 is 2.15 bits per heavy atom. The van der Waals surface area contributed by atoms with Gasteiger partial charge in [-0.2, -0.15) is 0 Å². The Kier molecular flexibility index (Phi) is 6.62. The molecule has 1 rings (SSSR count). The van der Waals surface area contributed by atoms with Crippen LogP contribution >= 0.6 is 27.3 Å². The van der Waals surface area contributed by atoms with Gasteiger partial charge in [-0.3, -0.25) is 0 Å². The first-order valence-electron chi connectivity index (χ1n) is 6.09. The first-order chi connectivity index (χ1) is 9.22. The van der Waals surface area contributed by atoms with Crippen molar-refractivity contribution in [2.75, 3.05) is 20.3 Å². The summed E-state index contributed by atoms with van der Waals surface area (Å²) in [7, 11) is -1.95. The molecular weight excluding hydrogens is 366 g/mol. The molecule has 20 heavy (non-hydrogen) atoms. The van der Waals surface area contributed by atoms with E-state index in [2.05, 4.69) is 20.7 Å². The third kappa shape index (κ3) is 5.09. The number of aliphatic hydroxyl groups is 1. The molecule has 1 aromatic heterocycles. The highest BCUT2D eigenvalue weighted by molar-refractivity contribution is 9.11. The molecule has 0 unspecified atom stereocenters. The second-order valence-electron chi connectivity index (χ2n) is 5.24. The third-order valence-corrected chi connectivity index (χ3v) is 6.51. The molecule has 0 amide bonds. The van der Waals surface area contributed by atoms with Crippen LogP contribution in [-0.4, -0.2) is 33.8 Å².